The fraction of sp³-hybridized carbons (Fsp3) is 0.136. The molecule has 1 N–H and O–H groups in total. The summed E-state index contributed by atoms with van der Waals surface area (Å²) in [6.45, 7) is 1.40. The predicted molar refractivity (Wildman–Crippen MR) is 128 cm³/mol. The van der Waals surface area contributed by atoms with Crippen LogP contribution in [0.1, 0.15) is 11.1 Å². The molecule has 162 valence electrons. The van der Waals surface area contributed by atoms with E-state index in [1.165, 1.54) is 18.2 Å². The zero-order chi connectivity index (χ0) is 22.6. The van der Waals surface area contributed by atoms with E-state index in [1.54, 1.807) is 42.5 Å². The third kappa shape index (κ3) is 6.30. The van der Waals surface area contributed by atoms with Gasteiger partial charge in [-0.3, -0.25) is 4.79 Å². The second kappa shape index (κ2) is 10.1. The van der Waals surface area contributed by atoms with Crippen molar-refractivity contribution in [3.05, 3.63) is 92.4 Å². The van der Waals surface area contributed by atoms with Gasteiger partial charge in [0.1, 0.15) is 0 Å². The van der Waals surface area contributed by atoms with E-state index >= 15 is 0 Å². The van der Waals surface area contributed by atoms with Crippen LogP contribution in [0, 0.1) is 6.92 Å². The lowest BCUT2D eigenvalue weighted by molar-refractivity contribution is -0.116. The average molecular weight is 542 g/mol. The Morgan fingerprint density at radius 2 is 1.74 bits per heavy atom. The van der Waals surface area contributed by atoms with Gasteiger partial charge >= 0.3 is 0 Å². The van der Waals surface area contributed by atoms with Crippen LogP contribution >= 0.6 is 39.1 Å². The van der Waals surface area contributed by atoms with Crippen molar-refractivity contribution in [3.8, 4) is 0 Å². The molecule has 0 saturated heterocycles. The Labute approximate surface area is 200 Å². The summed E-state index contributed by atoms with van der Waals surface area (Å²) in [4.78, 5) is 12.8. The first-order valence-electron chi connectivity index (χ1n) is 9.21. The van der Waals surface area contributed by atoms with E-state index in [0.717, 1.165) is 14.3 Å². The lowest BCUT2D eigenvalue weighted by Crippen LogP contribution is -2.37. The summed E-state index contributed by atoms with van der Waals surface area (Å²) in [7, 11) is -3.97. The molecule has 1 amide bonds. The van der Waals surface area contributed by atoms with E-state index in [4.69, 9.17) is 23.2 Å². The Bertz CT molecular complexity index is 1200. The lowest BCUT2D eigenvalue weighted by Gasteiger charge is -2.22. The van der Waals surface area contributed by atoms with E-state index in [9.17, 15) is 13.2 Å². The Morgan fingerprint density at radius 1 is 1.03 bits per heavy atom. The molecule has 0 saturated carbocycles. The molecule has 0 aliphatic heterocycles. The molecule has 0 radical (unpaired) electrons. The molecule has 3 aromatic rings. The van der Waals surface area contributed by atoms with Crippen molar-refractivity contribution in [2.75, 3.05) is 11.9 Å². The number of sulfonamides is 1. The molecule has 0 aliphatic carbocycles. The maximum atomic E-state index is 13.3. The minimum atomic E-state index is -3.97. The van der Waals surface area contributed by atoms with Crippen molar-refractivity contribution in [3.63, 3.8) is 0 Å². The molecule has 31 heavy (non-hydrogen) atoms. The molecule has 0 fully saturated rings. The molecule has 0 bridgehead atoms. The molecule has 3 rings (SSSR count). The molecule has 0 unspecified atom stereocenters. The number of hydrogen-bond donors (Lipinski definition) is 1. The van der Waals surface area contributed by atoms with Gasteiger partial charge in [0, 0.05) is 26.8 Å². The predicted octanol–water partition coefficient (Wildman–Crippen LogP) is 5.89. The van der Waals surface area contributed by atoms with E-state index in [2.05, 4.69) is 21.2 Å². The fourth-order valence-electron chi connectivity index (χ4n) is 2.85. The summed E-state index contributed by atoms with van der Waals surface area (Å²) in [5.41, 5.74) is 2.02. The fourth-order valence-corrected chi connectivity index (χ4v) is 5.09. The normalized spacial score (nSPS) is 11.5. The molecular formula is C22H19BrCl2N2O3S. The van der Waals surface area contributed by atoms with Crippen LogP contribution in [-0.4, -0.2) is 25.2 Å². The number of nitrogens with one attached hydrogen (secondary N) is 1. The molecule has 0 atom stereocenters. The summed E-state index contributed by atoms with van der Waals surface area (Å²) < 4.78 is 28.6. The smallest absolute Gasteiger partial charge is 0.243 e. The van der Waals surface area contributed by atoms with Gasteiger partial charge in [-0.2, -0.15) is 4.31 Å². The average Bonchev–Trinajstić information content (AvgIpc) is 2.69. The second-order valence-electron chi connectivity index (χ2n) is 6.88. The lowest BCUT2D eigenvalue weighted by atomic mass is 10.2. The maximum absolute atomic E-state index is 13.3. The van der Waals surface area contributed by atoms with Gasteiger partial charge in [-0.05, 0) is 55.0 Å². The van der Waals surface area contributed by atoms with Gasteiger partial charge in [-0.1, -0.05) is 69.0 Å². The van der Waals surface area contributed by atoms with Crippen LogP contribution in [0.2, 0.25) is 10.0 Å². The van der Waals surface area contributed by atoms with Gasteiger partial charge in [0.15, 0.2) is 0 Å². The number of amides is 1. The first kappa shape index (κ1) is 23.8. The van der Waals surface area contributed by atoms with Crippen LogP contribution in [0.3, 0.4) is 0 Å². The summed E-state index contributed by atoms with van der Waals surface area (Å²) in [5.74, 6) is -0.473. The highest BCUT2D eigenvalue weighted by Gasteiger charge is 2.27. The number of carbonyl (C=O) groups is 1. The van der Waals surface area contributed by atoms with Crippen molar-refractivity contribution in [2.24, 2.45) is 0 Å². The van der Waals surface area contributed by atoms with Crippen LogP contribution in [0.25, 0.3) is 0 Å². The van der Waals surface area contributed by atoms with Gasteiger partial charge in [-0.15, -0.1) is 0 Å². The summed E-state index contributed by atoms with van der Waals surface area (Å²) in [6.07, 6.45) is 0. The largest absolute Gasteiger partial charge is 0.325 e. The molecular weight excluding hydrogens is 523 g/mol. The quantitative estimate of drug-likeness (QED) is 0.405. The Kier molecular flexibility index (Phi) is 7.78. The first-order valence-corrected chi connectivity index (χ1v) is 12.2. The standard InChI is InChI=1S/C22H19BrCl2N2O3S/c1-15-5-9-20(10-6-15)31(29,30)27(13-16-7-8-18(24)12-21(16)25)14-22(28)26-19-4-2-3-17(23)11-19/h2-12H,13-14H2,1H3,(H,26,28). The van der Waals surface area contributed by atoms with E-state index in [0.29, 0.717) is 21.3 Å². The second-order valence-corrected chi connectivity index (χ2v) is 10.6. The molecule has 5 nitrogen and oxygen atoms in total. The molecule has 0 spiro atoms. The van der Waals surface area contributed by atoms with Crippen LogP contribution < -0.4 is 5.32 Å². The van der Waals surface area contributed by atoms with E-state index < -0.39 is 15.9 Å². The zero-order valence-electron chi connectivity index (χ0n) is 16.5. The Hall–Kier alpha value is -1.90. The highest BCUT2D eigenvalue weighted by atomic mass is 79.9. The molecule has 3 aromatic carbocycles. The van der Waals surface area contributed by atoms with E-state index in [1.807, 2.05) is 13.0 Å². The van der Waals surface area contributed by atoms with Gasteiger partial charge in [0.2, 0.25) is 15.9 Å². The van der Waals surface area contributed by atoms with Crippen LogP contribution in [0.5, 0.6) is 0 Å². The Morgan fingerprint density at radius 3 is 2.39 bits per heavy atom. The molecule has 9 heteroatoms. The number of rotatable bonds is 7. The Balaban J connectivity index is 1.91. The molecule has 0 aromatic heterocycles. The highest BCUT2D eigenvalue weighted by Crippen LogP contribution is 2.25. The van der Waals surface area contributed by atoms with E-state index in [-0.39, 0.29) is 18.0 Å². The van der Waals surface area contributed by atoms with Gasteiger partial charge in [-0.25, -0.2) is 8.42 Å². The first-order chi connectivity index (χ1) is 14.6. The number of hydrogen-bond acceptors (Lipinski definition) is 3. The number of aryl methyl sites for hydroxylation is 1. The number of halogens is 3. The number of benzene rings is 3. The van der Waals surface area contributed by atoms with Crippen molar-refractivity contribution in [1.82, 2.24) is 4.31 Å². The van der Waals surface area contributed by atoms with Gasteiger partial charge < -0.3 is 5.32 Å². The van der Waals surface area contributed by atoms with Crippen molar-refractivity contribution >= 4 is 60.7 Å². The highest BCUT2D eigenvalue weighted by molar-refractivity contribution is 9.10. The van der Waals surface area contributed by atoms with Gasteiger partial charge in [0.05, 0.1) is 11.4 Å². The summed E-state index contributed by atoms with van der Waals surface area (Å²) in [5, 5.41) is 3.49. The van der Waals surface area contributed by atoms with Gasteiger partial charge in [0.25, 0.3) is 0 Å². The van der Waals surface area contributed by atoms with Crippen molar-refractivity contribution < 1.29 is 13.2 Å². The molecule has 0 heterocycles. The van der Waals surface area contributed by atoms with Crippen molar-refractivity contribution in [2.45, 2.75) is 18.4 Å². The monoisotopic (exact) mass is 540 g/mol. The number of carbonyl (C=O) groups excluding carboxylic acids is 1. The summed E-state index contributed by atoms with van der Waals surface area (Å²) >= 11 is 15.6. The zero-order valence-corrected chi connectivity index (χ0v) is 20.4. The third-order valence-corrected chi connectivity index (χ3v) is 7.34. The summed E-state index contributed by atoms with van der Waals surface area (Å²) in [6, 6.07) is 18.3. The number of nitrogens with zero attached hydrogens (tertiary/aromatic N) is 1. The van der Waals surface area contributed by atoms with Crippen molar-refractivity contribution in [1.29, 1.82) is 0 Å². The SMILES string of the molecule is Cc1ccc(S(=O)(=O)N(CC(=O)Nc2cccc(Br)c2)Cc2ccc(Cl)cc2Cl)cc1. The topological polar surface area (TPSA) is 66.5 Å². The van der Waals surface area contributed by atoms with Crippen LogP contribution in [-0.2, 0) is 21.4 Å². The maximum Gasteiger partial charge on any atom is 0.243 e. The van der Waals surface area contributed by atoms with Crippen LogP contribution in [0.15, 0.2) is 76.1 Å². The van der Waals surface area contributed by atoms with Crippen LogP contribution in [0.4, 0.5) is 5.69 Å². The minimum absolute atomic E-state index is 0.0852. The third-order valence-electron chi connectivity index (χ3n) is 4.45. The molecule has 0 aliphatic rings. The number of anilines is 1. The minimum Gasteiger partial charge on any atom is -0.325 e.